The molecule has 2 N–H and O–H groups in total. The lowest BCUT2D eigenvalue weighted by Crippen LogP contribution is -2.36. The number of carboxylic acids is 1. The summed E-state index contributed by atoms with van der Waals surface area (Å²) in [6.45, 7) is 0. The molecular weight excluding hydrogens is 160 g/mol. The van der Waals surface area contributed by atoms with E-state index in [1.165, 1.54) is 6.08 Å². The fourth-order valence-corrected chi connectivity index (χ4v) is 1.28. The average Bonchev–Trinajstić information content (AvgIpc) is 2.04. The van der Waals surface area contributed by atoms with Gasteiger partial charge in [0.15, 0.2) is 0 Å². The maximum absolute atomic E-state index is 10.5. The Morgan fingerprint density at radius 1 is 1.58 bits per heavy atom. The number of aliphatic hydroxyl groups excluding tert-OH is 1. The highest BCUT2D eigenvalue weighted by molar-refractivity contribution is 5.73. The number of hydrogen-bond donors (Lipinski definition) is 2. The minimum absolute atomic E-state index is 0.292. The van der Waals surface area contributed by atoms with E-state index in [2.05, 4.69) is 0 Å². The lowest BCUT2D eigenvalue weighted by Gasteiger charge is -2.24. The first kappa shape index (κ1) is 8.93. The highest BCUT2D eigenvalue weighted by atomic mass is 16.4. The third-order valence-electron chi connectivity index (χ3n) is 2.03. The fraction of sp³-hybridized carbons (Fsp3) is 0.500. The number of hydrogen-bond acceptors (Lipinski definition) is 3. The summed E-state index contributed by atoms with van der Waals surface area (Å²) < 4.78 is 0. The predicted octanol–water partition coefficient (Wildman–Crippen LogP) is -0.177. The van der Waals surface area contributed by atoms with E-state index in [4.69, 9.17) is 5.11 Å². The summed E-state index contributed by atoms with van der Waals surface area (Å²) in [5, 5.41) is 17.9. The summed E-state index contributed by atoms with van der Waals surface area (Å²) in [5.41, 5.74) is 0. The van der Waals surface area contributed by atoms with Crippen molar-refractivity contribution in [2.75, 3.05) is 0 Å². The maximum Gasteiger partial charge on any atom is 0.309 e. The Hall–Kier alpha value is -1.16. The third kappa shape index (κ3) is 1.53. The van der Waals surface area contributed by atoms with Gasteiger partial charge in [0.2, 0.25) is 0 Å². The van der Waals surface area contributed by atoms with Gasteiger partial charge in [-0.3, -0.25) is 4.79 Å². The van der Waals surface area contributed by atoms with Gasteiger partial charge in [0.05, 0.1) is 17.9 Å². The first-order valence-electron chi connectivity index (χ1n) is 3.69. The van der Waals surface area contributed by atoms with Crippen molar-refractivity contribution >= 4 is 12.3 Å². The number of carboxylic acid groups (broad SMARTS) is 1. The zero-order valence-corrected chi connectivity index (χ0v) is 6.38. The van der Waals surface area contributed by atoms with Gasteiger partial charge in [0.25, 0.3) is 0 Å². The molecule has 0 spiro atoms. The highest BCUT2D eigenvalue weighted by Gasteiger charge is 2.33. The number of allylic oxidation sites excluding steroid dienone is 1. The Bertz CT molecular complexity index is 221. The number of aliphatic carboxylic acids is 1. The molecule has 0 aromatic heterocycles. The molecular formula is C8H10O4. The van der Waals surface area contributed by atoms with Crippen LogP contribution in [-0.2, 0) is 9.59 Å². The molecule has 1 rings (SSSR count). The van der Waals surface area contributed by atoms with E-state index in [9.17, 15) is 14.7 Å². The SMILES string of the molecule is O=CC1C=CCC(C(=O)O)C1O. The van der Waals surface area contributed by atoms with Crippen LogP contribution in [0.4, 0.5) is 0 Å². The van der Waals surface area contributed by atoms with Gasteiger partial charge in [-0.05, 0) is 6.42 Å². The van der Waals surface area contributed by atoms with Gasteiger partial charge in [0, 0.05) is 0 Å². The zero-order chi connectivity index (χ0) is 9.14. The molecule has 0 fully saturated rings. The number of aliphatic hydroxyl groups is 1. The van der Waals surface area contributed by atoms with Crippen molar-refractivity contribution in [2.45, 2.75) is 12.5 Å². The highest BCUT2D eigenvalue weighted by Crippen LogP contribution is 2.22. The van der Waals surface area contributed by atoms with Crippen molar-refractivity contribution in [3.05, 3.63) is 12.2 Å². The normalized spacial score (nSPS) is 34.6. The molecule has 12 heavy (non-hydrogen) atoms. The van der Waals surface area contributed by atoms with Crippen LogP contribution in [0.2, 0.25) is 0 Å². The number of carbonyl (C=O) groups excluding carboxylic acids is 1. The van der Waals surface area contributed by atoms with Gasteiger partial charge in [-0.1, -0.05) is 12.2 Å². The quantitative estimate of drug-likeness (QED) is 0.445. The molecule has 0 aliphatic heterocycles. The van der Waals surface area contributed by atoms with Crippen LogP contribution in [0, 0.1) is 11.8 Å². The summed E-state index contributed by atoms with van der Waals surface area (Å²) in [5.74, 6) is -2.57. The van der Waals surface area contributed by atoms with Crippen molar-refractivity contribution < 1.29 is 19.8 Å². The van der Waals surface area contributed by atoms with Crippen molar-refractivity contribution in [3.63, 3.8) is 0 Å². The molecule has 0 aromatic carbocycles. The largest absolute Gasteiger partial charge is 0.481 e. The Kier molecular flexibility index (Phi) is 2.60. The van der Waals surface area contributed by atoms with E-state index < -0.39 is 23.9 Å². The van der Waals surface area contributed by atoms with Gasteiger partial charge in [0.1, 0.15) is 6.29 Å². The Morgan fingerprint density at radius 2 is 2.25 bits per heavy atom. The maximum atomic E-state index is 10.5. The van der Waals surface area contributed by atoms with Crippen molar-refractivity contribution in [3.8, 4) is 0 Å². The molecule has 1 aliphatic rings. The first-order chi connectivity index (χ1) is 5.66. The second kappa shape index (κ2) is 3.49. The molecule has 0 saturated heterocycles. The van der Waals surface area contributed by atoms with Crippen molar-refractivity contribution in [1.29, 1.82) is 0 Å². The second-order valence-electron chi connectivity index (χ2n) is 2.81. The molecule has 0 amide bonds. The Morgan fingerprint density at radius 3 is 2.75 bits per heavy atom. The van der Waals surface area contributed by atoms with E-state index in [1.807, 2.05) is 0 Å². The lowest BCUT2D eigenvalue weighted by molar-refractivity contribution is -0.147. The van der Waals surface area contributed by atoms with Crippen LogP contribution >= 0.6 is 0 Å². The molecule has 4 heteroatoms. The van der Waals surface area contributed by atoms with E-state index in [1.54, 1.807) is 6.08 Å². The van der Waals surface area contributed by atoms with Crippen LogP contribution in [-0.4, -0.2) is 28.6 Å². The molecule has 0 heterocycles. The number of carbonyl (C=O) groups is 2. The molecule has 0 saturated carbocycles. The van der Waals surface area contributed by atoms with Crippen LogP contribution < -0.4 is 0 Å². The Labute approximate surface area is 69.5 Å². The second-order valence-corrected chi connectivity index (χ2v) is 2.81. The third-order valence-corrected chi connectivity index (χ3v) is 2.03. The van der Waals surface area contributed by atoms with Crippen molar-refractivity contribution in [2.24, 2.45) is 11.8 Å². The van der Waals surface area contributed by atoms with E-state index in [0.29, 0.717) is 12.7 Å². The van der Waals surface area contributed by atoms with Crippen molar-refractivity contribution in [1.82, 2.24) is 0 Å². The van der Waals surface area contributed by atoms with E-state index >= 15 is 0 Å². The minimum atomic E-state index is -1.08. The molecule has 66 valence electrons. The average molecular weight is 170 g/mol. The predicted molar refractivity (Wildman–Crippen MR) is 40.4 cm³/mol. The summed E-state index contributed by atoms with van der Waals surface area (Å²) in [6.07, 6.45) is 2.93. The molecule has 4 nitrogen and oxygen atoms in total. The fourth-order valence-electron chi connectivity index (χ4n) is 1.28. The summed E-state index contributed by atoms with van der Waals surface area (Å²) in [4.78, 5) is 20.9. The minimum Gasteiger partial charge on any atom is -0.481 e. The lowest BCUT2D eigenvalue weighted by atomic mass is 9.84. The van der Waals surface area contributed by atoms with Gasteiger partial charge in [-0.25, -0.2) is 0 Å². The molecule has 0 aromatic rings. The monoisotopic (exact) mass is 170 g/mol. The van der Waals surface area contributed by atoms with Gasteiger partial charge in [-0.2, -0.15) is 0 Å². The van der Waals surface area contributed by atoms with Crippen LogP contribution in [0.5, 0.6) is 0 Å². The molecule has 0 radical (unpaired) electrons. The van der Waals surface area contributed by atoms with Crippen LogP contribution in [0.25, 0.3) is 0 Å². The van der Waals surface area contributed by atoms with Gasteiger partial charge in [-0.15, -0.1) is 0 Å². The summed E-state index contributed by atoms with van der Waals surface area (Å²) in [6, 6.07) is 0. The van der Waals surface area contributed by atoms with E-state index in [0.717, 1.165) is 0 Å². The topological polar surface area (TPSA) is 74.6 Å². The first-order valence-corrected chi connectivity index (χ1v) is 3.69. The Balaban J connectivity index is 2.76. The van der Waals surface area contributed by atoms with Gasteiger partial charge < -0.3 is 15.0 Å². The standard InChI is InChI=1S/C8H10O4/c9-4-5-2-1-3-6(7(5)10)8(11)12/h1-2,4-7,10H,3H2,(H,11,12). The molecule has 3 atom stereocenters. The smallest absolute Gasteiger partial charge is 0.309 e. The number of rotatable bonds is 2. The molecule has 0 bridgehead atoms. The summed E-state index contributed by atoms with van der Waals surface area (Å²) >= 11 is 0. The van der Waals surface area contributed by atoms with Crippen LogP contribution in [0.3, 0.4) is 0 Å². The van der Waals surface area contributed by atoms with Gasteiger partial charge >= 0.3 is 5.97 Å². The van der Waals surface area contributed by atoms with Crippen LogP contribution in [0.1, 0.15) is 6.42 Å². The molecule has 3 unspecified atom stereocenters. The van der Waals surface area contributed by atoms with E-state index in [-0.39, 0.29) is 0 Å². The molecule has 1 aliphatic carbocycles. The zero-order valence-electron chi connectivity index (χ0n) is 6.38. The number of aldehydes is 1. The van der Waals surface area contributed by atoms with Crippen LogP contribution in [0.15, 0.2) is 12.2 Å². The summed E-state index contributed by atoms with van der Waals surface area (Å²) in [7, 11) is 0.